The summed E-state index contributed by atoms with van der Waals surface area (Å²) < 4.78 is 1.10. The van der Waals surface area contributed by atoms with Gasteiger partial charge in [-0.3, -0.25) is 0 Å². The molecule has 0 amide bonds. The van der Waals surface area contributed by atoms with Crippen LogP contribution in [-0.2, 0) is 12.8 Å². The van der Waals surface area contributed by atoms with Crippen molar-refractivity contribution in [3.05, 3.63) is 94.0 Å². The van der Waals surface area contributed by atoms with Gasteiger partial charge in [0.25, 0.3) is 0 Å². The van der Waals surface area contributed by atoms with Gasteiger partial charge in [-0.15, -0.1) is 0 Å². The molecule has 0 saturated carbocycles. The van der Waals surface area contributed by atoms with E-state index in [4.69, 9.17) is 0 Å². The molecular formula is C21H18BrNO2. The van der Waals surface area contributed by atoms with Crippen molar-refractivity contribution in [1.29, 1.82) is 0 Å². The number of benzene rings is 3. The van der Waals surface area contributed by atoms with Crippen molar-refractivity contribution in [2.24, 2.45) is 0 Å². The van der Waals surface area contributed by atoms with Gasteiger partial charge in [0.05, 0.1) is 11.3 Å². The molecule has 0 heterocycles. The lowest BCUT2D eigenvalue weighted by Crippen LogP contribution is -2.02. The maximum absolute atomic E-state index is 11.3. The molecule has 0 fully saturated rings. The maximum atomic E-state index is 11.3. The highest BCUT2D eigenvalue weighted by Gasteiger charge is 2.08. The first-order valence-corrected chi connectivity index (χ1v) is 8.84. The van der Waals surface area contributed by atoms with Gasteiger partial charge in [0, 0.05) is 10.2 Å². The number of halogens is 1. The van der Waals surface area contributed by atoms with E-state index in [1.54, 1.807) is 18.2 Å². The molecule has 0 radical (unpaired) electrons. The SMILES string of the molecule is O=C(O)c1ccccc1Nc1ccc(CCc2cccc(Br)c2)cc1. The van der Waals surface area contributed by atoms with E-state index in [2.05, 4.69) is 45.5 Å². The van der Waals surface area contributed by atoms with Crippen LogP contribution in [0.25, 0.3) is 0 Å². The Balaban J connectivity index is 1.65. The number of carboxylic acids is 1. The van der Waals surface area contributed by atoms with Crippen molar-refractivity contribution < 1.29 is 9.90 Å². The zero-order chi connectivity index (χ0) is 17.6. The first-order chi connectivity index (χ1) is 12.1. The molecule has 0 bridgehead atoms. The highest BCUT2D eigenvalue weighted by molar-refractivity contribution is 9.10. The molecule has 126 valence electrons. The molecule has 4 heteroatoms. The van der Waals surface area contributed by atoms with Gasteiger partial charge < -0.3 is 10.4 Å². The van der Waals surface area contributed by atoms with Crippen molar-refractivity contribution in [3.63, 3.8) is 0 Å². The molecule has 0 aliphatic carbocycles. The Morgan fingerprint density at radius 3 is 2.32 bits per heavy atom. The minimum Gasteiger partial charge on any atom is -0.478 e. The molecule has 3 aromatic carbocycles. The van der Waals surface area contributed by atoms with Crippen LogP contribution >= 0.6 is 15.9 Å². The predicted octanol–water partition coefficient (Wildman–Crippen LogP) is 5.68. The monoisotopic (exact) mass is 395 g/mol. The molecule has 0 unspecified atom stereocenters. The third-order valence-corrected chi connectivity index (χ3v) is 4.48. The van der Waals surface area contributed by atoms with Gasteiger partial charge >= 0.3 is 5.97 Å². The van der Waals surface area contributed by atoms with Crippen molar-refractivity contribution in [2.45, 2.75) is 12.8 Å². The summed E-state index contributed by atoms with van der Waals surface area (Å²) in [6.45, 7) is 0. The van der Waals surface area contributed by atoms with Crippen LogP contribution in [0.3, 0.4) is 0 Å². The zero-order valence-electron chi connectivity index (χ0n) is 13.6. The zero-order valence-corrected chi connectivity index (χ0v) is 15.2. The van der Waals surface area contributed by atoms with Crippen molar-refractivity contribution in [1.82, 2.24) is 0 Å². The maximum Gasteiger partial charge on any atom is 0.337 e. The highest BCUT2D eigenvalue weighted by atomic mass is 79.9. The molecule has 0 saturated heterocycles. The number of aromatic carboxylic acids is 1. The van der Waals surface area contributed by atoms with E-state index in [0.717, 1.165) is 23.0 Å². The van der Waals surface area contributed by atoms with Crippen LogP contribution in [0.15, 0.2) is 77.3 Å². The van der Waals surface area contributed by atoms with E-state index in [1.165, 1.54) is 11.1 Å². The fourth-order valence-electron chi connectivity index (χ4n) is 2.67. The lowest BCUT2D eigenvalue weighted by molar-refractivity contribution is 0.0698. The summed E-state index contributed by atoms with van der Waals surface area (Å²) in [5, 5.41) is 12.4. The molecule has 3 nitrogen and oxygen atoms in total. The fraction of sp³-hybridized carbons (Fsp3) is 0.0952. The topological polar surface area (TPSA) is 49.3 Å². The Bertz CT molecular complexity index is 875. The van der Waals surface area contributed by atoms with Gasteiger partial charge in [0.15, 0.2) is 0 Å². The van der Waals surface area contributed by atoms with Gasteiger partial charge in [-0.05, 0) is 60.4 Å². The molecule has 2 N–H and O–H groups in total. The van der Waals surface area contributed by atoms with Crippen LogP contribution in [0.1, 0.15) is 21.5 Å². The number of aryl methyl sites for hydroxylation is 2. The molecule has 0 spiro atoms. The normalized spacial score (nSPS) is 10.4. The number of anilines is 2. The van der Waals surface area contributed by atoms with E-state index in [1.807, 2.05) is 30.3 Å². The van der Waals surface area contributed by atoms with Crippen LogP contribution in [-0.4, -0.2) is 11.1 Å². The van der Waals surface area contributed by atoms with Crippen LogP contribution in [0.2, 0.25) is 0 Å². The second kappa shape index (κ2) is 7.99. The standard InChI is InChI=1S/C21H18BrNO2/c22-17-5-3-4-16(14-17)9-8-15-10-12-18(13-11-15)23-20-7-2-1-6-19(20)21(24)25/h1-7,10-14,23H,8-9H2,(H,24,25). The Kier molecular flexibility index (Phi) is 5.51. The number of carboxylic acid groups (broad SMARTS) is 1. The number of hydrogen-bond acceptors (Lipinski definition) is 2. The first kappa shape index (κ1) is 17.2. The Morgan fingerprint density at radius 1 is 0.880 bits per heavy atom. The van der Waals surface area contributed by atoms with Crippen molar-refractivity contribution in [3.8, 4) is 0 Å². The van der Waals surface area contributed by atoms with Crippen LogP contribution in [0.5, 0.6) is 0 Å². The minimum absolute atomic E-state index is 0.265. The first-order valence-electron chi connectivity index (χ1n) is 8.04. The number of nitrogens with one attached hydrogen (secondary N) is 1. The third kappa shape index (κ3) is 4.70. The number of rotatable bonds is 6. The largest absolute Gasteiger partial charge is 0.478 e. The van der Waals surface area contributed by atoms with E-state index in [-0.39, 0.29) is 5.56 Å². The second-order valence-electron chi connectivity index (χ2n) is 5.80. The minimum atomic E-state index is -0.936. The van der Waals surface area contributed by atoms with Crippen LogP contribution < -0.4 is 5.32 Å². The highest BCUT2D eigenvalue weighted by Crippen LogP contribution is 2.22. The molecule has 0 atom stereocenters. The molecular weight excluding hydrogens is 378 g/mol. The number of para-hydroxylation sites is 1. The molecule has 0 aliphatic rings. The quantitative estimate of drug-likeness (QED) is 0.564. The average Bonchev–Trinajstić information content (AvgIpc) is 2.61. The summed E-state index contributed by atoms with van der Waals surface area (Å²) in [5.74, 6) is -0.936. The second-order valence-corrected chi connectivity index (χ2v) is 6.72. The van der Waals surface area contributed by atoms with Gasteiger partial charge in [-0.2, -0.15) is 0 Å². The smallest absolute Gasteiger partial charge is 0.337 e. The molecule has 3 rings (SSSR count). The fourth-order valence-corrected chi connectivity index (χ4v) is 3.12. The van der Waals surface area contributed by atoms with Crippen molar-refractivity contribution >= 4 is 33.3 Å². The lowest BCUT2D eigenvalue weighted by Gasteiger charge is -2.10. The molecule has 3 aromatic rings. The van der Waals surface area contributed by atoms with Gasteiger partial charge in [-0.1, -0.05) is 52.3 Å². The third-order valence-electron chi connectivity index (χ3n) is 3.98. The van der Waals surface area contributed by atoms with Crippen molar-refractivity contribution in [2.75, 3.05) is 5.32 Å². The summed E-state index contributed by atoms with van der Waals surface area (Å²) in [6, 6.07) is 23.4. The summed E-state index contributed by atoms with van der Waals surface area (Å²) >= 11 is 3.50. The number of carbonyl (C=O) groups is 1. The molecule has 25 heavy (non-hydrogen) atoms. The number of hydrogen-bond donors (Lipinski definition) is 2. The van der Waals surface area contributed by atoms with Gasteiger partial charge in [0.2, 0.25) is 0 Å². The van der Waals surface area contributed by atoms with E-state index < -0.39 is 5.97 Å². The Labute approximate surface area is 155 Å². The summed E-state index contributed by atoms with van der Waals surface area (Å²) in [5.41, 5.74) is 4.28. The molecule has 0 aromatic heterocycles. The summed E-state index contributed by atoms with van der Waals surface area (Å²) in [7, 11) is 0. The molecule has 0 aliphatic heterocycles. The van der Waals surface area contributed by atoms with Crippen LogP contribution in [0.4, 0.5) is 11.4 Å². The van der Waals surface area contributed by atoms with Gasteiger partial charge in [-0.25, -0.2) is 4.79 Å². The van der Waals surface area contributed by atoms with E-state index >= 15 is 0 Å². The Morgan fingerprint density at radius 2 is 1.60 bits per heavy atom. The Hall–Kier alpha value is -2.59. The van der Waals surface area contributed by atoms with Crippen LogP contribution in [0, 0.1) is 0 Å². The van der Waals surface area contributed by atoms with E-state index in [0.29, 0.717) is 5.69 Å². The van der Waals surface area contributed by atoms with Gasteiger partial charge in [0.1, 0.15) is 0 Å². The summed E-state index contributed by atoms with van der Waals surface area (Å²) in [6.07, 6.45) is 1.94. The predicted molar refractivity (Wildman–Crippen MR) is 105 cm³/mol. The van der Waals surface area contributed by atoms with E-state index in [9.17, 15) is 9.90 Å². The summed E-state index contributed by atoms with van der Waals surface area (Å²) in [4.78, 5) is 11.3. The average molecular weight is 396 g/mol. The lowest BCUT2D eigenvalue weighted by atomic mass is 10.0.